The first-order chi connectivity index (χ1) is 10.4. The predicted molar refractivity (Wildman–Crippen MR) is 77.0 cm³/mol. The van der Waals surface area contributed by atoms with Crippen LogP contribution in [0.4, 0.5) is 19.0 Å². The van der Waals surface area contributed by atoms with E-state index in [1.165, 1.54) is 13.8 Å². The lowest BCUT2D eigenvalue weighted by atomic mass is 10.2. The molecule has 0 aliphatic heterocycles. The third-order valence-electron chi connectivity index (χ3n) is 3.45. The minimum atomic E-state index is -4.54. The summed E-state index contributed by atoms with van der Waals surface area (Å²) < 4.78 is 62.3. The van der Waals surface area contributed by atoms with Gasteiger partial charge in [0.05, 0.1) is 5.56 Å². The number of nitrogens with zero attached hydrogens (tertiary/aromatic N) is 1. The average molecular weight is 351 g/mol. The largest absolute Gasteiger partial charge is 0.417 e. The summed E-state index contributed by atoms with van der Waals surface area (Å²) in [5.41, 5.74) is -0.960. The van der Waals surface area contributed by atoms with Crippen LogP contribution in [0.5, 0.6) is 0 Å². The van der Waals surface area contributed by atoms with Crippen molar-refractivity contribution in [1.29, 1.82) is 0 Å². The van der Waals surface area contributed by atoms with Crippen molar-refractivity contribution in [3.63, 3.8) is 0 Å². The van der Waals surface area contributed by atoms with E-state index in [2.05, 4.69) is 15.0 Å². The molecule has 6 nitrogen and oxygen atoms in total. The zero-order valence-electron chi connectivity index (χ0n) is 12.4. The molecule has 1 amide bonds. The Hall–Kier alpha value is -1.68. The molecule has 2 N–H and O–H groups in total. The van der Waals surface area contributed by atoms with E-state index in [4.69, 9.17) is 0 Å². The molecular formula is C13H16F3N3O3S. The van der Waals surface area contributed by atoms with Gasteiger partial charge in [0.2, 0.25) is 15.9 Å². The van der Waals surface area contributed by atoms with Crippen LogP contribution in [-0.4, -0.2) is 30.1 Å². The van der Waals surface area contributed by atoms with Crippen LogP contribution in [0.3, 0.4) is 0 Å². The molecule has 2 rings (SSSR count). The summed E-state index contributed by atoms with van der Waals surface area (Å²) in [4.78, 5) is 15.7. The minimum absolute atomic E-state index is 0.155. The number of carbonyl (C=O) groups excluding carboxylic acids is 1. The average Bonchev–Trinajstić information content (AvgIpc) is 3.21. The molecular weight excluding hydrogens is 335 g/mol. The Morgan fingerprint density at radius 1 is 1.26 bits per heavy atom. The Morgan fingerprint density at radius 3 is 2.30 bits per heavy atom. The van der Waals surface area contributed by atoms with Crippen molar-refractivity contribution in [3.8, 4) is 0 Å². The highest BCUT2D eigenvalue weighted by Crippen LogP contribution is 2.29. The Labute approximate surface area is 131 Å². The van der Waals surface area contributed by atoms with Gasteiger partial charge >= 0.3 is 6.18 Å². The summed E-state index contributed by atoms with van der Waals surface area (Å²) in [6, 6.07) is 1.57. The molecule has 0 atom stereocenters. The Kier molecular flexibility index (Phi) is 4.42. The lowest BCUT2D eigenvalue weighted by molar-refractivity contribution is -0.137. The van der Waals surface area contributed by atoms with Crippen LogP contribution in [0.2, 0.25) is 0 Å². The predicted octanol–water partition coefficient (Wildman–Crippen LogP) is 1.90. The maximum Gasteiger partial charge on any atom is 0.417 e. The van der Waals surface area contributed by atoms with Crippen LogP contribution in [0, 0.1) is 0 Å². The van der Waals surface area contributed by atoms with Crippen LogP contribution >= 0.6 is 0 Å². The molecule has 0 bridgehead atoms. The van der Waals surface area contributed by atoms with Gasteiger partial charge in [-0.05, 0) is 38.8 Å². The van der Waals surface area contributed by atoms with Gasteiger partial charge in [-0.3, -0.25) is 4.79 Å². The highest BCUT2D eigenvalue weighted by Gasteiger charge is 2.44. The van der Waals surface area contributed by atoms with E-state index in [1.54, 1.807) is 0 Å². The summed E-state index contributed by atoms with van der Waals surface area (Å²) >= 11 is 0. The number of halogens is 3. The van der Waals surface area contributed by atoms with Crippen LogP contribution < -0.4 is 10.0 Å². The van der Waals surface area contributed by atoms with Crippen LogP contribution in [0.1, 0.15) is 32.3 Å². The summed E-state index contributed by atoms with van der Waals surface area (Å²) in [5, 5.41) is 2.22. The number of carbonyl (C=O) groups is 1. The number of pyridine rings is 1. The molecule has 23 heavy (non-hydrogen) atoms. The third-order valence-corrected chi connectivity index (χ3v) is 5.62. The van der Waals surface area contributed by atoms with Crippen molar-refractivity contribution in [2.24, 2.45) is 0 Å². The highest BCUT2D eigenvalue weighted by molar-refractivity contribution is 7.91. The maximum absolute atomic E-state index is 12.4. The molecule has 0 saturated heterocycles. The van der Waals surface area contributed by atoms with E-state index >= 15 is 0 Å². The molecule has 0 unspecified atom stereocenters. The molecule has 1 aromatic heterocycles. The van der Waals surface area contributed by atoms with Crippen molar-refractivity contribution in [1.82, 2.24) is 9.71 Å². The molecule has 1 heterocycles. The number of rotatable bonds is 5. The SMILES string of the molecule is CC(C)(C(=O)Nc1ccc(C(F)(F)F)cn1)S(=O)(=O)NC1CC1. The van der Waals surface area contributed by atoms with Gasteiger partial charge in [0.15, 0.2) is 4.75 Å². The monoisotopic (exact) mass is 351 g/mol. The number of hydrogen-bond donors (Lipinski definition) is 2. The minimum Gasteiger partial charge on any atom is -0.309 e. The van der Waals surface area contributed by atoms with Crippen LogP contribution in [0.25, 0.3) is 0 Å². The maximum atomic E-state index is 12.4. The first-order valence-electron chi connectivity index (χ1n) is 6.80. The van der Waals surface area contributed by atoms with Gasteiger partial charge in [0.25, 0.3) is 0 Å². The standard InChI is InChI=1S/C13H16F3N3O3S/c1-12(2,23(21,22)19-9-4-5-9)11(20)18-10-6-3-8(7-17-10)13(14,15)16/h3,6-7,9,19H,4-5H2,1-2H3,(H,17,18,20). The Balaban J connectivity index is 2.11. The lowest BCUT2D eigenvalue weighted by Crippen LogP contribution is -2.50. The normalized spacial score (nSPS) is 16.2. The van der Waals surface area contributed by atoms with Crippen molar-refractivity contribution < 1.29 is 26.4 Å². The lowest BCUT2D eigenvalue weighted by Gasteiger charge is -2.23. The van der Waals surface area contributed by atoms with E-state index in [1.807, 2.05) is 0 Å². The first-order valence-corrected chi connectivity index (χ1v) is 8.28. The zero-order valence-corrected chi connectivity index (χ0v) is 13.3. The molecule has 1 aliphatic carbocycles. The van der Waals surface area contributed by atoms with E-state index in [0.717, 1.165) is 25.0 Å². The molecule has 1 fully saturated rings. The van der Waals surface area contributed by atoms with Gasteiger partial charge in [-0.2, -0.15) is 13.2 Å². The Morgan fingerprint density at radius 2 is 1.87 bits per heavy atom. The number of anilines is 1. The second kappa shape index (κ2) is 5.75. The fourth-order valence-electron chi connectivity index (χ4n) is 1.59. The smallest absolute Gasteiger partial charge is 0.309 e. The fourth-order valence-corrected chi connectivity index (χ4v) is 2.86. The second-order valence-corrected chi connectivity index (χ2v) is 8.05. The summed E-state index contributed by atoms with van der Waals surface area (Å²) in [7, 11) is -3.92. The molecule has 1 aliphatic rings. The number of amides is 1. The number of aromatic nitrogens is 1. The third kappa shape index (κ3) is 3.99. The molecule has 0 radical (unpaired) electrons. The first kappa shape index (κ1) is 17.7. The van der Waals surface area contributed by atoms with Gasteiger partial charge in [-0.1, -0.05) is 0 Å². The summed E-state index contributed by atoms with van der Waals surface area (Å²) in [6.07, 6.45) is -2.53. The highest BCUT2D eigenvalue weighted by atomic mass is 32.2. The Bertz CT molecular complexity index is 695. The van der Waals surface area contributed by atoms with Gasteiger partial charge < -0.3 is 5.32 Å². The second-order valence-electron chi connectivity index (χ2n) is 5.79. The number of sulfonamides is 1. The van der Waals surface area contributed by atoms with Crippen molar-refractivity contribution in [2.75, 3.05) is 5.32 Å². The number of hydrogen-bond acceptors (Lipinski definition) is 4. The number of alkyl halides is 3. The molecule has 1 saturated carbocycles. The van der Waals surface area contributed by atoms with Crippen molar-refractivity contribution in [3.05, 3.63) is 23.9 Å². The van der Waals surface area contributed by atoms with E-state index < -0.39 is 32.4 Å². The van der Waals surface area contributed by atoms with Crippen LogP contribution in [-0.2, 0) is 21.0 Å². The summed E-state index contributed by atoms with van der Waals surface area (Å²) in [6.45, 7) is 2.44. The van der Waals surface area contributed by atoms with E-state index in [-0.39, 0.29) is 11.9 Å². The molecule has 0 aromatic carbocycles. The molecule has 128 valence electrons. The van der Waals surface area contributed by atoms with Gasteiger partial charge in [-0.15, -0.1) is 0 Å². The molecule has 1 aromatic rings. The molecule has 0 spiro atoms. The quantitative estimate of drug-likeness (QED) is 0.848. The van der Waals surface area contributed by atoms with Crippen molar-refractivity contribution in [2.45, 2.75) is 43.7 Å². The van der Waals surface area contributed by atoms with Gasteiger partial charge in [-0.25, -0.2) is 18.1 Å². The van der Waals surface area contributed by atoms with E-state index in [9.17, 15) is 26.4 Å². The van der Waals surface area contributed by atoms with E-state index in [0.29, 0.717) is 6.20 Å². The van der Waals surface area contributed by atoms with Gasteiger partial charge in [0, 0.05) is 12.2 Å². The zero-order chi connectivity index (χ0) is 17.5. The number of nitrogens with one attached hydrogen (secondary N) is 2. The fraction of sp³-hybridized carbons (Fsp3) is 0.538. The topological polar surface area (TPSA) is 88.2 Å². The van der Waals surface area contributed by atoms with Gasteiger partial charge in [0.1, 0.15) is 5.82 Å². The molecule has 10 heteroatoms. The summed E-state index contributed by atoms with van der Waals surface area (Å²) in [5.74, 6) is -1.03. The van der Waals surface area contributed by atoms with Crippen molar-refractivity contribution >= 4 is 21.7 Å². The van der Waals surface area contributed by atoms with Crippen LogP contribution in [0.15, 0.2) is 18.3 Å².